The van der Waals surface area contributed by atoms with Crippen molar-refractivity contribution in [2.75, 3.05) is 26.0 Å². The molecular weight excluding hydrogens is 380 g/mol. The largest absolute Gasteiger partial charge is 0.463 e. The van der Waals surface area contributed by atoms with Crippen LogP contribution < -0.4 is 5.32 Å². The van der Waals surface area contributed by atoms with Gasteiger partial charge < -0.3 is 10.1 Å². The van der Waals surface area contributed by atoms with Crippen molar-refractivity contribution in [1.29, 1.82) is 0 Å². The van der Waals surface area contributed by atoms with Crippen molar-refractivity contribution < 1.29 is 22.7 Å². The van der Waals surface area contributed by atoms with Gasteiger partial charge in [0.05, 0.1) is 11.5 Å². The molecular formula is C20H22N2O5S. The van der Waals surface area contributed by atoms with Gasteiger partial charge in [0.25, 0.3) is 5.91 Å². The fourth-order valence-corrected chi connectivity index (χ4v) is 3.19. The maximum Gasteiger partial charge on any atom is 0.330 e. The highest BCUT2D eigenvalue weighted by atomic mass is 32.2. The van der Waals surface area contributed by atoms with E-state index in [1.807, 2.05) is 0 Å². The van der Waals surface area contributed by atoms with Crippen molar-refractivity contribution in [2.24, 2.45) is 0 Å². The maximum atomic E-state index is 12.4. The first kappa shape index (κ1) is 21.3. The number of hydrogen-bond acceptors (Lipinski definition) is 5. The zero-order valence-electron chi connectivity index (χ0n) is 15.9. The number of carbonyl (C=O) groups is 2. The number of nitrogens with zero attached hydrogens (tertiary/aromatic N) is 1. The summed E-state index contributed by atoms with van der Waals surface area (Å²) in [6.45, 7) is 2.04. The van der Waals surface area contributed by atoms with Gasteiger partial charge in [-0.1, -0.05) is 18.2 Å². The normalized spacial score (nSPS) is 11.6. The van der Waals surface area contributed by atoms with E-state index in [4.69, 9.17) is 4.74 Å². The summed E-state index contributed by atoms with van der Waals surface area (Å²) < 4.78 is 30.3. The summed E-state index contributed by atoms with van der Waals surface area (Å²) in [5.41, 5.74) is 1.54. The topological polar surface area (TPSA) is 92.8 Å². The number of amides is 1. The van der Waals surface area contributed by atoms with Crippen LogP contribution in [0.3, 0.4) is 0 Å². The van der Waals surface area contributed by atoms with Crippen LogP contribution in [0.2, 0.25) is 0 Å². The summed E-state index contributed by atoms with van der Waals surface area (Å²) in [4.78, 5) is 23.8. The smallest absolute Gasteiger partial charge is 0.330 e. The molecule has 2 aromatic rings. The number of esters is 1. The number of carbonyl (C=O) groups excluding carboxylic acids is 2. The Bertz CT molecular complexity index is 980. The van der Waals surface area contributed by atoms with Gasteiger partial charge in [0.15, 0.2) is 0 Å². The van der Waals surface area contributed by atoms with E-state index in [-0.39, 0.29) is 10.5 Å². The van der Waals surface area contributed by atoms with Gasteiger partial charge in [-0.3, -0.25) is 4.79 Å². The van der Waals surface area contributed by atoms with E-state index in [2.05, 4.69) is 5.32 Å². The molecule has 0 radical (unpaired) electrons. The summed E-state index contributed by atoms with van der Waals surface area (Å²) in [5, 5.41) is 2.72. The Hall–Kier alpha value is -2.97. The molecule has 148 valence electrons. The van der Waals surface area contributed by atoms with Crippen molar-refractivity contribution in [3.05, 3.63) is 65.7 Å². The van der Waals surface area contributed by atoms with Gasteiger partial charge in [-0.2, -0.15) is 0 Å². The fraction of sp³-hybridized carbons (Fsp3) is 0.200. The molecule has 7 nitrogen and oxygen atoms in total. The third kappa shape index (κ3) is 5.51. The number of ether oxygens (including phenoxy) is 1. The lowest BCUT2D eigenvalue weighted by atomic mass is 10.1. The van der Waals surface area contributed by atoms with Crippen LogP contribution in [-0.2, 0) is 19.6 Å². The molecule has 0 atom stereocenters. The van der Waals surface area contributed by atoms with Crippen LogP contribution in [0.15, 0.2) is 59.5 Å². The van der Waals surface area contributed by atoms with E-state index >= 15 is 0 Å². The summed E-state index contributed by atoms with van der Waals surface area (Å²) >= 11 is 0. The Balaban J connectivity index is 2.10. The molecule has 2 rings (SSSR count). The van der Waals surface area contributed by atoms with Crippen molar-refractivity contribution >= 4 is 33.7 Å². The number of sulfonamides is 1. The van der Waals surface area contributed by atoms with E-state index in [1.54, 1.807) is 43.3 Å². The molecule has 1 amide bonds. The molecule has 0 unspecified atom stereocenters. The first-order valence-electron chi connectivity index (χ1n) is 8.53. The zero-order chi connectivity index (χ0) is 20.7. The zero-order valence-corrected chi connectivity index (χ0v) is 16.7. The predicted molar refractivity (Wildman–Crippen MR) is 107 cm³/mol. The Morgan fingerprint density at radius 2 is 1.79 bits per heavy atom. The number of rotatable bonds is 7. The van der Waals surface area contributed by atoms with Crippen LogP contribution in [0.1, 0.15) is 22.8 Å². The Morgan fingerprint density at radius 1 is 1.11 bits per heavy atom. The second-order valence-electron chi connectivity index (χ2n) is 5.98. The SMILES string of the molecule is CCOC(=O)/C=C/c1ccc(NC(=O)c2cccc(S(=O)(=O)N(C)C)c2)cc1. The van der Waals surface area contributed by atoms with Crippen LogP contribution in [-0.4, -0.2) is 45.3 Å². The number of hydrogen-bond donors (Lipinski definition) is 1. The van der Waals surface area contributed by atoms with Gasteiger partial charge in [-0.05, 0) is 48.9 Å². The summed E-state index contributed by atoms with van der Waals surface area (Å²) in [7, 11) is -0.760. The second kappa shape index (κ2) is 9.29. The van der Waals surface area contributed by atoms with Crippen molar-refractivity contribution in [2.45, 2.75) is 11.8 Å². The molecule has 0 fully saturated rings. The van der Waals surface area contributed by atoms with Crippen LogP contribution >= 0.6 is 0 Å². The van der Waals surface area contributed by atoms with E-state index in [0.717, 1.165) is 9.87 Å². The highest BCUT2D eigenvalue weighted by Gasteiger charge is 2.18. The molecule has 0 spiro atoms. The third-order valence-electron chi connectivity index (χ3n) is 3.74. The molecule has 0 bridgehead atoms. The van der Waals surface area contributed by atoms with E-state index in [0.29, 0.717) is 12.3 Å². The molecule has 0 heterocycles. The molecule has 0 aliphatic carbocycles. The lowest BCUT2D eigenvalue weighted by molar-refractivity contribution is -0.137. The van der Waals surface area contributed by atoms with Crippen LogP contribution in [0.25, 0.3) is 6.08 Å². The minimum absolute atomic E-state index is 0.0459. The lowest BCUT2D eigenvalue weighted by Crippen LogP contribution is -2.22. The third-order valence-corrected chi connectivity index (χ3v) is 5.55. The first-order valence-corrected chi connectivity index (χ1v) is 9.97. The molecule has 0 aromatic heterocycles. The van der Waals surface area contributed by atoms with E-state index in [9.17, 15) is 18.0 Å². The van der Waals surface area contributed by atoms with Gasteiger partial charge in [-0.25, -0.2) is 17.5 Å². The van der Waals surface area contributed by atoms with Crippen LogP contribution in [0, 0.1) is 0 Å². The fourth-order valence-electron chi connectivity index (χ4n) is 2.24. The number of nitrogens with one attached hydrogen (secondary N) is 1. The quantitative estimate of drug-likeness (QED) is 0.568. The van der Waals surface area contributed by atoms with E-state index in [1.165, 1.54) is 38.4 Å². The minimum Gasteiger partial charge on any atom is -0.463 e. The van der Waals surface area contributed by atoms with Gasteiger partial charge in [-0.15, -0.1) is 0 Å². The van der Waals surface area contributed by atoms with Gasteiger partial charge in [0.1, 0.15) is 0 Å². The Morgan fingerprint density at radius 3 is 2.39 bits per heavy atom. The van der Waals surface area contributed by atoms with Crippen LogP contribution in [0.4, 0.5) is 5.69 Å². The van der Waals surface area contributed by atoms with Crippen molar-refractivity contribution in [3.8, 4) is 0 Å². The number of anilines is 1. The second-order valence-corrected chi connectivity index (χ2v) is 8.13. The van der Waals surface area contributed by atoms with Crippen LogP contribution in [0.5, 0.6) is 0 Å². The standard InChI is InChI=1S/C20H22N2O5S/c1-4-27-19(23)13-10-15-8-11-17(12-9-15)21-20(24)16-6-5-7-18(14-16)28(25,26)22(2)3/h5-14H,4H2,1-3H3,(H,21,24)/b13-10+. The van der Waals surface area contributed by atoms with Crippen molar-refractivity contribution in [3.63, 3.8) is 0 Å². The molecule has 1 N–H and O–H groups in total. The Labute approximate surface area is 164 Å². The Kier molecular flexibility index (Phi) is 7.08. The van der Waals surface area contributed by atoms with E-state index < -0.39 is 21.9 Å². The molecule has 28 heavy (non-hydrogen) atoms. The summed E-state index contributed by atoms with van der Waals surface area (Å²) in [6.07, 6.45) is 2.94. The van der Waals surface area contributed by atoms with Gasteiger partial charge in [0.2, 0.25) is 10.0 Å². The molecule has 0 saturated carbocycles. The maximum absolute atomic E-state index is 12.4. The van der Waals surface area contributed by atoms with Gasteiger partial charge >= 0.3 is 5.97 Å². The lowest BCUT2D eigenvalue weighted by Gasteiger charge is -2.12. The van der Waals surface area contributed by atoms with Crippen molar-refractivity contribution in [1.82, 2.24) is 4.31 Å². The summed E-state index contributed by atoms with van der Waals surface area (Å²) in [6, 6.07) is 12.7. The highest BCUT2D eigenvalue weighted by Crippen LogP contribution is 2.17. The molecule has 0 saturated heterocycles. The first-order chi connectivity index (χ1) is 13.2. The molecule has 0 aliphatic heterocycles. The predicted octanol–water partition coefficient (Wildman–Crippen LogP) is 2.77. The highest BCUT2D eigenvalue weighted by molar-refractivity contribution is 7.89. The average Bonchev–Trinajstić information content (AvgIpc) is 2.67. The monoisotopic (exact) mass is 402 g/mol. The molecule has 8 heteroatoms. The molecule has 2 aromatic carbocycles. The average molecular weight is 402 g/mol. The van der Waals surface area contributed by atoms with Gasteiger partial charge in [0, 0.05) is 31.4 Å². The molecule has 0 aliphatic rings. The minimum atomic E-state index is -3.62. The number of benzene rings is 2. The summed E-state index contributed by atoms with van der Waals surface area (Å²) in [5.74, 6) is -0.849.